The average molecular weight is 777 g/mol. The highest BCUT2D eigenvalue weighted by Crippen LogP contribution is 2.46. The molecule has 14 heteroatoms. The molecule has 0 unspecified atom stereocenters. The average Bonchev–Trinajstić information content (AvgIpc) is 3.82. The zero-order valence-corrected chi connectivity index (χ0v) is 32.6. The van der Waals surface area contributed by atoms with Gasteiger partial charge < -0.3 is 15.5 Å². The van der Waals surface area contributed by atoms with Crippen molar-refractivity contribution < 1.29 is 22.9 Å². The molecule has 12 nitrogen and oxygen atoms in total. The fraction of sp³-hybridized carbons (Fsp3) is 0.500. The van der Waals surface area contributed by atoms with Gasteiger partial charge in [0.1, 0.15) is 5.69 Å². The molecule has 3 N–H and O–H groups in total. The molecule has 3 aromatic rings. The Morgan fingerprint density at radius 2 is 1.67 bits per heavy atom. The lowest BCUT2D eigenvalue weighted by molar-refractivity contribution is -0.384. The van der Waals surface area contributed by atoms with Gasteiger partial charge in [0, 0.05) is 53.6 Å². The second kappa shape index (κ2) is 18.0. The first kappa shape index (κ1) is 39.6. The van der Waals surface area contributed by atoms with E-state index in [0.29, 0.717) is 24.1 Å². The van der Waals surface area contributed by atoms with E-state index in [0.717, 1.165) is 62.0 Å². The number of hydrogen-bond donors (Lipinski definition) is 3. The second-order valence-corrected chi connectivity index (χ2v) is 17.8. The number of sulfonamides is 1. The predicted octanol–water partition coefficient (Wildman–Crippen LogP) is 6.83. The van der Waals surface area contributed by atoms with Crippen LogP contribution in [0.5, 0.6) is 0 Å². The van der Waals surface area contributed by atoms with Crippen LogP contribution < -0.4 is 20.3 Å². The summed E-state index contributed by atoms with van der Waals surface area (Å²) in [5.41, 5.74) is 1.46. The highest BCUT2D eigenvalue weighted by atomic mass is 32.2. The number of likely N-dealkylation sites (tertiary alicyclic amines) is 1. The molecule has 54 heavy (non-hydrogen) atoms. The van der Waals surface area contributed by atoms with Gasteiger partial charge in [-0.1, -0.05) is 31.0 Å². The standard InChI is InChI=1S/C40H52N6O6S2/c1-44-25-9-13-36(44)39(48)41-24-8-5-10-31(29-53-33-11-3-2-4-12-33)42-35-19-18-34(28-37(35)46(49)50)54(51,52)43-38(47)30-14-16-32(17-15-30)45-26-22-40(23-27-45)20-6-7-21-40/h2-4,11-12,14-19,28,31,36,42H,5-10,13,20-27,29H2,1H3,(H,41,48)(H,43,47)/t31-,36+/m1/s1. The maximum atomic E-state index is 13.4. The minimum Gasteiger partial charge on any atom is -0.376 e. The number of carbonyl (C=O) groups is 2. The van der Waals surface area contributed by atoms with E-state index >= 15 is 0 Å². The lowest BCUT2D eigenvalue weighted by Gasteiger charge is -2.40. The zero-order chi connectivity index (χ0) is 38.1. The predicted molar refractivity (Wildman–Crippen MR) is 214 cm³/mol. The summed E-state index contributed by atoms with van der Waals surface area (Å²) in [6.45, 7) is 3.40. The largest absolute Gasteiger partial charge is 0.376 e. The van der Waals surface area contributed by atoms with Crippen molar-refractivity contribution in [2.45, 2.75) is 92.5 Å². The van der Waals surface area contributed by atoms with Gasteiger partial charge in [-0.2, -0.15) is 0 Å². The lowest BCUT2D eigenvalue weighted by atomic mass is 9.77. The number of nitrogens with zero attached hydrogens (tertiary/aromatic N) is 3. The van der Waals surface area contributed by atoms with Crippen molar-refractivity contribution in [3.05, 3.63) is 88.5 Å². The van der Waals surface area contributed by atoms with Gasteiger partial charge in [-0.3, -0.25) is 24.6 Å². The Labute approximate surface area is 323 Å². The van der Waals surface area contributed by atoms with E-state index in [1.807, 2.05) is 49.5 Å². The Kier molecular flexibility index (Phi) is 13.2. The number of hydrogen-bond acceptors (Lipinski definition) is 10. The number of anilines is 2. The topological polar surface area (TPSA) is 154 Å². The lowest BCUT2D eigenvalue weighted by Crippen LogP contribution is -2.41. The third-order valence-corrected chi connectivity index (χ3v) is 13.8. The van der Waals surface area contributed by atoms with Gasteiger partial charge in [0.2, 0.25) is 5.91 Å². The first-order chi connectivity index (χ1) is 26.0. The van der Waals surface area contributed by atoms with Crippen molar-refractivity contribution in [1.29, 1.82) is 0 Å². The molecule has 2 heterocycles. The molecule has 2 atom stereocenters. The maximum Gasteiger partial charge on any atom is 0.293 e. The van der Waals surface area contributed by atoms with Crippen molar-refractivity contribution in [3.63, 3.8) is 0 Å². The SMILES string of the molecule is CN1CCC[C@H]1C(=O)NCCCC[C@H](CSc1ccccc1)Nc1ccc(S(=O)(=O)NC(=O)c2ccc(N3CCC4(CCCC4)CC3)cc2)cc1[N+](=O)[O-]. The molecule has 3 aromatic carbocycles. The molecule has 6 rings (SSSR count). The molecule has 3 fully saturated rings. The molecule has 3 aliphatic rings. The number of likely N-dealkylation sites (N-methyl/N-ethyl adjacent to an activating group) is 1. The summed E-state index contributed by atoms with van der Waals surface area (Å²) in [4.78, 5) is 42.4. The molecule has 2 saturated heterocycles. The van der Waals surface area contributed by atoms with Crippen LogP contribution in [-0.2, 0) is 14.8 Å². The van der Waals surface area contributed by atoms with Crippen LogP contribution in [0.25, 0.3) is 0 Å². The van der Waals surface area contributed by atoms with Crippen molar-refractivity contribution in [2.24, 2.45) is 5.41 Å². The molecule has 2 aliphatic heterocycles. The maximum absolute atomic E-state index is 13.4. The quantitative estimate of drug-likeness (QED) is 0.0611. The number of amides is 2. The van der Waals surface area contributed by atoms with E-state index in [1.165, 1.54) is 50.7 Å². The molecule has 1 spiro atoms. The van der Waals surface area contributed by atoms with E-state index in [1.54, 1.807) is 23.9 Å². The van der Waals surface area contributed by atoms with E-state index < -0.39 is 26.5 Å². The minimum absolute atomic E-state index is 0.0497. The molecule has 1 saturated carbocycles. The molecular weight excluding hydrogens is 725 g/mol. The molecule has 2 amide bonds. The zero-order valence-electron chi connectivity index (χ0n) is 31.0. The van der Waals surface area contributed by atoms with Crippen molar-refractivity contribution >= 4 is 50.7 Å². The van der Waals surface area contributed by atoms with Gasteiger partial charge in [-0.25, -0.2) is 13.1 Å². The number of nitrogens with one attached hydrogen (secondary N) is 3. The van der Waals surface area contributed by atoms with Crippen molar-refractivity contribution in [1.82, 2.24) is 14.9 Å². The fourth-order valence-corrected chi connectivity index (χ4v) is 10.1. The van der Waals surface area contributed by atoms with E-state index in [4.69, 9.17) is 0 Å². The summed E-state index contributed by atoms with van der Waals surface area (Å²) >= 11 is 1.62. The van der Waals surface area contributed by atoms with Crippen LogP contribution in [0.3, 0.4) is 0 Å². The van der Waals surface area contributed by atoms with Gasteiger partial charge >= 0.3 is 0 Å². The number of benzene rings is 3. The highest BCUT2D eigenvalue weighted by molar-refractivity contribution is 7.99. The van der Waals surface area contributed by atoms with E-state index in [-0.39, 0.29) is 34.1 Å². The second-order valence-electron chi connectivity index (χ2n) is 15.0. The summed E-state index contributed by atoms with van der Waals surface area (Å²) < 4.78 is 28.8. The Morgan fingerprint density at radius 3 is 2.33 bits per heavy atom. The van der Waals surface area contributed by atoms with Crippen molar-refractivity contribution in [3.8, 4) is 0 Å². The Bertz CT molecular complexity index is 1860. The normalized spacial score (nSPS) is 19.1. The summed E-state index contributed by atoms with van der Waals surface area (Å²) in [5.74, 6) is -0.151. The smallest absolute Gasteiger partial charge is 0.293 e. The number of unbranched alkanes of at least 4 members (excludes halogenated alkanes) is 1. The van der Waals surface area contributed by atoms with Crippen molar-refractivity contribution in [2.75, 3.05) is 49.2 Å². The number of nitro benzene ring substituents is 1. The number of thioether (sulfide) groups is 1. The van der Waals surface area contributed by atoms with E-state index in [9.17, 15) is 28.1 Å². The summed E-state index contributed by atoms with van der Waals surface area (Å²) in [5, 5.41) is 18.6. The van der Waals surface area contributed by atoms with Gasteiger partial charge in [0.25, 0.3) is 21.6 Å². The summed E-state index contributed by atoms with van der Waals surface area (Å²) in [6, 6.07) is 20.2. The Morgan fingerprint density at radius 1 is 0.944 bits per heavy atom. The van der Waals surface area contributed by atoms with Crippen LogP contribution in [0.1, 0.15) is 81.0 Å². The molecular formula is C40H52N6O6S2. The van der Waals surface area contributed by atoms with Gasteiger partial charge in [0.05, 0.1) is 15.9 Å². The van der Waals surface area contributed by atoms with Gasteiger partial charge in [-0.15, -0.1) is 11.8 Å². The molecule has 290 valence electrons. The number of rotatable bonds is 16. The minimum atomic E-state index is -4.42. The monoisotopic (exact) mass is 776 g/mol. The number of piperidine rings is 1. The van der Waals surface area contributed by atoms with E-state index in [2.05, 4.69) is 25.2 Å². The fourth-order valence-electron chi connectivity index (χ4n) is 8.10. The molecule has 0 bridgehead atoms. The van der Waals surface area contributed by atoms with Crippen LogP contribution >= 0.6 is 11.8 Å². The van der Waals surface area contributed by atoms with Crippen LogP contribution in [0, 0.1) is 15.5 Å². The summed E-state index contributed by atoms with van der Waals surface area (Å²) in [7, 11) is -2.45. The first-order valence-electron chi connectivity index (χ1n) is 19.1. The Balaban J connectivity index is 1.07. The number of carbonyl (C=O) groups excluding carboxylic acids is 2. The first-order valence-corrected chi connectivity index (χ1v) is 21.6. The van der Waals surface area contributed by atoms with Crippen LogP contribution in [0.4, 0.5) is 17.1 Å². The molecule has 1 aliphatic carbocycles. The third kappa shape index (κ3) is 10.1. The summed E-state index contributed by atoms with van der Waals surface area (Å²) in [6.07, 6.45) is 11.7. The molecule has 0 radical (unpaired) electrons. The van der Waals surface area contributed by atoms with Crippen LogP contribution in [0.2, 0.25) is 0 Å². The van der Waals surface area contributed by atoms with Crippen LogP contribution in [0.15, 0.2) is 82.6 Å². The van der Waals surface area contributed by atoms with Crippen LogP contribution in [-0.4, -0.2) is 81.1 Å². The highest BCUT2D eigenvalue weighted by Gasteiger charge is 2.37. The molecule has 0 aromatic heterocycles. The van der Waals surface area contributed by atoms with Gasteiger partial charge in [-0.05, 0) is 125 Å². The number of nitro groups is 1. The Hall–Kier alpha value is -4.14. The third-order valence-electron chi connectivity index (χ3n) is 11.3. The van der Waals surface area contributed by atoms with Gasteiger partial charge in [0.15, 0.2) is 0 Å².